The maximum Gasteiger partial charge on any atom is 0.236 e. The summed E-state index contributed by atoms with van der Waals surface area (Å²) in [6, 6.07) is 0.0972. The first-order chi connectivity index (χ1) is 7.64. The number of amides is 2. The molecular weight excluding hydrogens is 204 g/mol. The highest BCUT2D eigenvalue weighted by atomic mass is 16.2. The van der Waals surface area contributed by atoms with Gasteiger partial charge in [-0.15, -0.1) is 0 Å². The van der Waals surface area contributed by atoms with Gasteiger partial charge in [-0.05, 0) is 25.8 Å². The normalized spacial score (nSPS) is 29.1. The second-order valence-corrected chi connectivity index (χ2v) is 4.88. The van der Waals surface area contributed by atoms with Gasteiger partial charge in [0.05, 0.1) is 11.5 Å². The summed E-state index contributed by atoms with van der Waals surface area (Å²) >= 11 is 0. The van der Waals surface area contributed by atoms with Gasteiger partial charge in [0, 0.05) is 13.0 Å². The highest BCUT2D eigenvalue weighted by Crippen LogP contribution is 2.40. The molecule has 0 aromatic carbocycles. The average Bonchev–Trinajstić information content (AvgIpc) is 2.86. The van der Waals surface area contributed by atoms with Crippen LogP contribution in [0.1, 0.15) is 39.5 Å². The Morgan fingerprint density at radius 3 is 2.50 bits per heavy atom. The van der Waals surface area contributed by atoms with Crippen molar-refractivity contribution in [1.82, 2.24) is 10.2 Å². The molecule has 0 aliphatic carbocycles. The molecule has 2 fully saturated rings. The molecule has 0 bridgehead atoms. The smallest absolute Gasteiger partial charge is 0.236 e. The number of nitrogens with one attached hydrogen (secondary N) is 1. The number of nitrogens with zero attached hydrogens (tertiary/aromatic N) is 1. The molecular formula is C12H20N2O2. The zero-order valence-corrected chi connectivity index (χ0v) is 10.1. The van der Waals surface area contributed by atoms with Crippen LogP contribution in [0.3, 0.4) is 0 Å². The van der Waals surface area contributed by atoms with Gasteiger partial charge in [-0.3, -0.25) is 14.5 Å². The Morgan fingerprint density at radius 2 is 2.06 bits per heavy atom. The number of carbonyl (C=O) groups excluding carboxylic acids is 2. The van der Waals surface area contributed by atoms with Crippen molar-refractivity contribution in [3.63, 3.8) is 0 Å². The van der Waals surface area contributed by atoms with E-state index in [0.717, 1.165) is 32.4 Å². The van der Waals surface area contributed by atoms with Crippen LogP contribution in [0.15, 0.2) is 0 Å². The fourth-order valence-corrected chi connectivity index (χ4v) is 2.85. The van der Waals surface area contributed by atoms with Gasteiger partial charge in [0.2, 0.25) is 11.8 Å². The maximum absolute atomic E-state index is 12.4. The largest absolute Gasteiger partial charge is 0.315 e. The van der Waals surface area contributed by atoms with E-state index < -0.39 is 5.41 Å². The molecule has 1 atom stereocenters. The summed E-state index contributed by atoms with van der Waals surface area (Å²) in [6.45, 7) is 5.68. The van der Waals surface area contributed by atoms with Gasteiger partial charge >= 0.3 is 0 Å². The summed E-state index contributed by atoms with van der Waals surface area (Å²) in [5, 5.41) is 3.21. The molecule has 2 heterocycles. The van der Waals surface area contributed by atoms with E-state index >= 15 is 0 Å². The van der Waals surface area contributed by atoms with E-state index in [4.69, 9.17) is 0 Å². The Labute approximate surface area is 96.4 Å². The van der Waals surface area contributed by atoms with Crippen molar-refractivity contribution in [3.05, 3.63) is 0 Å². The highest BCUT2D eigenvalue weighted by Gasteiger charge is 2.51. The Bertz CT molecular complexity index is 304. The van der Waals surface area contributed by atoms with Crippen LogP contribution in [0.4, 0.5) is 0 Å². The molecule has 2 aliphatic heterocycles. The maximum atomic E-state index is 12.4. The number of likely N-dealkylation sites (tertiary alicyclic amines) is 1. The lowest BCUT2D eigenvalue weighted by molar-refractivity contribution is -0.143. The van der Waals surface area contributed by atoms with Crippen LogP contribution in [0.25, 0.3) is 0 Å². The van der Waals surface area contributed by atoms with Crippen LogP contribution in [-0.2, 0) is 9.59 Å². The second-order valence-electron chi connectivity index (χ2n) is 4.88. The number of imide groups is 1. The van der Waals surface area contributed by atoms with Crippen LogP contribution in [-0.4, -0.2) is 35.8 Å². The average molecular weight is 224 g/mol. The van der Waals surface area contributed by atoms with Gasteiger partial charge in [0.25, 0.3) is 0 Å². The Kier molecular flexibility index (Phi) is 3.02. The summed E-state index contributed by atoms with van der Waals surface area (Å²) in [6.07, 6.45) is 2.85. The van der Waals surface area contributed by atoms with Crippen LogP contribution in [0, 0.1) is 5.41 Å². The van der Waals surface area contributed by atoms with Crippen LogP contribution in [0.5, 0.6) is 0 Å². The van der Waals surface area contributed by atoms with Crippen molar-refractivity contribution in [1.29, 1.82) is 0 Å². The molecule has 0 radical (unpaired) electrons. The fraction of sp³-hybridized carbons (Fsp3) is 0.833. The fourth-order valence-electron chi connectivity index (χ4n) is 2.85. The van der Waals surface area contributed by atoms with Crippen LogP contribution < -0.4 is 5.32 Å². The molecule has 2 aliphatic rings. The van der Waals surface area contributed by atoms with Gasteiger partial charge in [-0.2, -0.15) is 0 Å². The zero-order valence-electron chi connectivity index (χ0n) is 10.1. The topological polar surface area (TPSA) is 49.4 Å². The quantitative estimate of drug-likeness (QED) is 0.725. The summed E-state index contributed by atoms with van der Waals surface area (Å²) < 4.78 is 0. The van der Waals surface area contributed by atoms with Gasteiger partial charge in [0.15, 0.2) is 0 Å². The number of rotatable bonds is 3. The van der Waals surface area contributed by atoms with Gasteiger partial charge in [0.1, 0.15) is 0 Å². The first kappa shape index (κ1) is 11.6. The lowest BCUT2D eigenvalue weighted by Crippen LogP contribution is -2.43. The SMILES string of the molecule is CCC1(CC)CC(=O)N(C2CCNC2)C1=O. The molecule has 16 heavy (non-hydrogen) atoms. The molecule has 0 spiro atoms. The van der Waals surface area contributed by atoms with Gasteiger partial charge < -0.3 is 5.32 Å². The minimum Gasteiger partial charge on any atom is -0.315 e. The third-order valence-corrected chi connectivity index (χ3v) is 4.18. The first-order valence-corrected chi connectivity index (χ1v) is 6.22. The van der Waals surface area contributed by atoms with Gasteiger partial charge in [-0.25, -0.2) is 0 Å². The molecule has 1 N–H and O–H groups in total. The predicted molar refractivity (Wildman–Crippen MR) is 60.8 cm³/mol. The minimum absolute atomic E-state index is 0.0300. The highest BCUT2D eigenvalue weighted by molar-refractivity contribution is 6.06. The molecule has 2 amide bonds. The molecule has 4 nitrogen and oxygen atoms in total. The van der Waals surface area contributed by atoms with Crippen molar-refractivity contribution in [2.45, 2.75) is 45.6 Å². The van der Waals surface area contributed by atoms with E-state index in [9.17, 15) is 9.59 Å². The van der Waals surface area contributed by atoms with Crippen molar-refractivity contribution in [2.24, 2.45) is 5.41 Å². The van der Waals surface area contributed by atoms with E-state index in [0.29, 0.717) is 6.42 Å². The standard InChI is InChI=1S/C12H20N2O2/c1-3-12(4-2)7-10(15)14(11(12)16)9-5-6-13-8-9/h9,13H,3-8H2,1-2H3. The molecule has 0 saturated carbocycles. The van der Waals surface area contributed by atoms with Crippen LogP contribution >= 0.6 is 0 Å². The summed E-state index contributed by atoms with van der Waals surface area (Å²) in [7, 11) is 0. The Morgan fingerprint density at radius 1 is 1.38 bits per heavy atom. The van der Waals surface area contributed by atoms with E-state index in [1.54, 1.807) is 0 Å². The van der Waals surface area contributed by atoms with E-state index in [-0.39, 0.29) is 17.9 Å². The van der Waals surface area contributed by atoms with Crippen molar-refractivity contribution >= 4 is 11.8 Å². The summed E-state index contributed by atoms with van der Waals surface area (Å²) in [5.41, 5.74) is -0.403. The third-order valence-electron chi connectivity index (χ3n) is 4.18. The van der Waals surface area contributed by atoms with E-state index in [1.165, 1.54) is 4.90 Å². The first-order valence-electron chi connectivity index (χ1n) is 6.22. The lowest BCUT2D eigenvalue weighted by Gasteiger charge is -2.26. The molecule has 2 saturated heterocycles. The number of hydrogen-bond acceptors (Lipinski definition) is 3. The summed E-state index contributed by atoms with van der Waals surface area (Å²) in [5.74, 6) is 0.0959. The molecule has 0 aromatic heterocycles. The van der Waals surface area contributed by atoms with Crippen molar-refractivity contribution < 1.29 is 9.59 Å². The monoisotopic (exact) mass is 224 g/mol. The van der Waals surface area contributed by atoms with E-state index in [1.807, 2.05) is 13.8 Å². The van der Waals surface area contributed by atoms with E-state index in [2.05, 4.69) is 5.32 Å². The minimum atomic E-state index is -0.403. The zero-order chi connectivity index (χ0) is 11.8. The Balaban J connectivity index is 2.21. The molecule has 4 heteroatoms. The molecule has 1 unspecified atom stereocenters. The molecule has 0 aromatic rings. The molecule has 90 valence electrons. The third kappa shape index (κ3) is 1.56. The second kappa shape index (κ2) is 4.17. The number of carbonyl (C=O) groups is 2. The van der Waals surface area contributed by atoms with Gasteiger partial charge in [-0.1, -0.05) is 13.8 Å². The lowest BCUT2D eigenvalue weighted by atomic mass is 9.81. The van der Waals surface area contributed by atoms with Crippen molar-refractivity contribution in [3.8, 4) is 0 Å². The van der Waals surface area contributed by atoms with Crippen LogP contribution in [0.2, 0.25) is 0 Å². The number of hydrogen-bond donors (Lipinski definition) is 1. The predicted octanol–water partition coefficient (Wildman–Crippen LogP) is 0.914. The summed E-state index contributed by atoms with van der Waals surface area (Å²) in [4.78, 5) is 25.9. The molecule has 2 rings (SSSR count). The van der Waals surface area contributed by atoms with Crippen molar-refractivity contribution in [2.75, 3.05) is 13.1 Å². The Hall–Kier alpha value is -0.900.